The van der Waals surface area contributed by atoms with Crippen LogP contribution in [0.2, 0.25) is 0 Å². The van der Waals surface area contributed by atoms with E-state index in [1.165, 1.54) is 5.56 Å². The van der Waals surface area contributed by atoms with Crippen LogP contribution in [0.3, 0.4) is 0 Å². The summed E-state index contributed by atoms with van der Waals surface area (Å²) in [5.74, 6) is -0.265. The summed E-state index contributed by atoms with van der Waals surface area (Å²) in [4.78, 5) is 17.6. The molecule has 0 radical (unpaired) electrons. The van der Waals surface area contributed by atoms with Gasteiger partial charge in [-0.3, -0.25) is 4.79 Å². The van der Waals surface area contributed by atoms with Gasteiger partial charge in [-0.25, -0.2) is 4.98 Å². The molecule has 0 saturated carbocycles. The highest BCUT2D eigenvalue weighted by Crippen LogP contribution is 2.29. The van der Waals surface area contributed by atoms with Crippen LogP contribution in [0.15, 0.2) is 29.6 Å². The molecular formula is C18H24N2O2S. The fourth-order valence-corrected chi connectivity index (χ4v) is 3.35. The number of carboxylic acids is 1. The standard InChI is InChI=1S/C18H24N2O2S/c1-12(2)14-5-7-15(8-6-14)16-11-23-18(19-16)20(13(3)4)10-9-17(21)22/h5-8,11-13H,9-10H2,1-4H3,(H,21,22). The molecule has 4 nitrogen and oxygen atoms in total. The first-order valence-electron chi connectivity index (χ1n) is 7.92. The third kappa shape index (κ3) is 4.55. The van der Waals surface area contributed by atoms with Crippen LogP contribution in [0.1, 0.15) is 45.6 Å². The van der Waals surface area contributed by atoms with Crippen molar-refractivity contribution in [3.8, 4) is 11.3 Å². The van der Waals surface area contributed by atoms with E-state index in [0.29, 0.717) is 12.5 Å². The lowest BCUT2D eigenvalue weighted by Crippen LogP contribution is -2.32. The maximum atomic E-state index is 10.8. The fraction of sp³-hybridized carbons (Fsp3) is 0.444. The summed E-state index contributed by atoms with van der Waals surface area (Å²) in [6, 6.07) is 8.71. The molecule has 23 heavy (non-hydrogen) atoms. The van der Waals surface area contributed by atoms with Crippen molar-refractivity contribution in [2.45, 2.75) is 46.1 Å². The summed E-state index contributed by atoms with van der Waals surface area (Å²) in [5, 5.41) is 11.8. The molecule has 0 saturated heterocycles. The van der Waals surface area contributed by atoms with E-state index in [2.05, 4.69) is 52.0 Å². The number of hydrogen-bond donors (Lipinski definition) is 1. The van der Waals surface area contributed by atoms with Crippen molar-refractivity contribution in [1.82, 2.24) is 4.98 Å². The number of aliphatic carboxylic acids is 1. The molecular weight excluding hydrogens is 308 g/mol. The SMILES string of the molecule is CC(C)c1ccc(-c2csc(N(CCC(=O)O)C(C)C)n2)cc1. The average molecular weight is 332 g/mol. The van der Waals surface area contributed by atoms with Crippen molar-refractivity contribution >= 4 is 22.4 Å². The number of rotatable bonds is 7. The van der Waals surface area contributed by atoms with Crippen LogP contribution in [-0.2, 0) is 4.79 Å². The zero-order chi connectivity index (χ0) is 17.0. The predicted molar refractivity (Wildman–Crippen MR) is 96.4 cm³/mol. The second kappa shape index (κ2) is 7.59. The van der Waals surface area contributed by atoms with Crippen molar-refractivity contribution in [2.75, 3.05) is 11.4 Å². The van der Waals surface area contributed by atoms with Crippen LogP contribution < -0.4 is 4.90 Å². The van der Waals surface area contributed by atoms with Gasteiger partial charge in [-0.05, 0) is 25.3 Å². The fourth-order valence-electron chi connectivity index (χ4n) is 2.36. The van der Waals surface area contributed by atoms with E-state index in [1.807, 2.05) is 10.3 Å². The lowest BCUT2D eigenvalue weighted by Gasteiger charge is -2.25. The highest BCUT2D eigenvalue weighted by molar-refractivity contribution is 7.14. The normalized spacial score (nSPS) is 11.2. The first-order valence-corrected chi connectivity index (χ1v) is 8.80. The van der Waals surface area contributed by atoms with E-state index < -0.39 is 5.97 Å². The summed E-state index contributed by atoms with van der Waals surface area (Å²) < 4.78 is 0. The molecule has 0 aliphatic heterocycles. The minimum Gasteiger partial charge on any atom is -0.481 e. The number of nitrogens with zero attached hydrogens (tertiary/aromatic N) is 2. The Labute approximate surface area is 141 Å². The molecule has 0 aliphatic carbocycles. The molecule has 0 atom stereocenters. The number of benzene rings is 1. The van der Waals surface area contributed by atoms with Gasteiger partial charge in [0.15, 0.2) is 5.13 Å². The number of hydrogen-bond acceptors (Lipinski definition) is 4. The van der Waals surface area contributed by atoms with Gasteiger partial charge in [0, 0.05) is 23.5 Å². The van der Waals surface area contributed by atoms with Gasteiger partial charge in [-0.15, -0.1) is 11.3 Å². The Bertz CT molecular complexity index is 647. The number of aromatic nitrogens is 1. The van der Waals surface area contributed by atoms with Crippen LogP contribution in [0.25, 0.3) is 11.3 Å². The molecule has 0 unspecified atom stereocenters. The molecule has 0 amide bonds. The number of anilines is 1. The Morgan fingerprint density at radius 3 is 2.39 bits per heavy atom. The quantitative estimate of drug-likeness (QED) is 0.803. The van der Waals surface area contributed by atoms with Crippen LogP contribution in [-0.4, -0.2) is 28.6 Å². The Balaban J connectivity index is 2.19. The van der Waals surface area contributed by atoms with E-state index in [4.69, 9.17) is 10.1 Å². The molecule has 1 heterocycles. The largest absolute Gasteiger partial charge is 0.481 e. The van der Waals surface area contributed by atoms with E-state index >= 15 is 0 Å². The maximum Gasteiger partial charge on any atom is 0.305 e. The summed E-state index contributed by atoms with van der Waals surface area (Å²) in [7, 11) is 0. The predicted octanol–water partition coefficient (Wildman–Crippen LogP) is 4.62. The molecule has 0 fully saturated rings. The van der Waals surface area contributed by atoms with Crippen molar-refractivity contribution in [1.29, 1.82) is 0 Å². The molecule has 1 N–H and O–H groups in total. The van der Waals surface area contributed by atoms with Gasteiger partial charge < -0.3 is 10.0 Å². The Hall–Kier alpha value is -1.88. The third-order valence-corrected chi connectivity index (χ3v) is 4.68. The second-order valence-electron chi connectivity index (χ2n) is 6.22. The molecule has 5 heteroatoms. The molecule has 2 aromatic rings. The van der Waals surface area contributed by atoms with E-state index in [-0.39, 0.29) is 12.5 Å². The van der Waals surface area contributed by atoms with Crippen LogP contribution >= 0.6 is 11.3 Å². The minimum absolute atomic E-state index is 0.121. The van der Waals surface area contributed by atoms with Crippen molar-refractivity contribution < 1.29 is 9.90 Å². The van der Waals surface area contributed by atoms with E-state index in [0.717, 1.165) is 16.4 Å². The van der Waals surface area contributed by atoms with Gasteiger partial charge in [0.2, 0.25) is 0 Å². The van der Waals surface area contributed by atoms with Crippen molar-refractivity contribution in [3.05, 3.63) is 35.2 Å². The smallest absolute Gasteiger partial charge is 0.305 e. The second-order valence-corrected chi connectivity index (χ2v) is 7.06. The van der Waals surface area contributed by atoms with Gasteiger partial charge in [0.05, 0.1) is 12.1 Å². The molecule has 0 aliphatic rings. The van der Waals surface area contributed by atoms with Gasteiger partial charge >= 0.3 is 5.97 Å². The molecule has 0 spiro atoms. The zero-order valence-electron chi connectivity index (χ0n) is 14.1. The summed E-state index contributed by atoms with van der Waals surface area (Å²) >= 11 is 1.56. The number of carboxylic acid groups (broad SMARTS) is 1. The monoisotopic (exact) mass is 332 g/mol. The number of carbonyl (C=O) groups is 1. The van der Waals surface area contributed by atoms with Gasteiger partial charge in [-0.2, -0.15) is 0 Å². The topological polar surface area (TPSA) is 53.4 Å². The van der Waals surface area contributed by atoms with Gasteiger partial charge in [0.25, 0.3) is 0 Å². The van der Waals surface area contributed by atoms with E-state index in [9.17, 15) is 4.79 Å². The van der Waals surface area contributed by atoms with Gasteiger partial charge in [0.1, 0.15) is 0 Å². The molecule has 1 aromatic carbocycles. The molecule has 1 aromatic heterocycles. The Morgan fingerprint density at radius 1 is 1.22 bits per heavy atom. The summed E-state index contributed by atoms with van der Waals surface area (Å²) in [6.45, 7) is 8.95. The van der Waals surface area contributed by atoms with Crippen LogP contribution in [0.4, 0.5) is 5.13 Å². The van der Waals surface area contributed by atoms with Gasteiger partial charge in [-0.1, -0.05) is 38.1 Å². The zero-order valence-corrected chi connectivity index (χ0v) is 14.9. The average Bonchev–Trinajstić information content (AvgIpc) is 2.96. The van der Waals surface area contributed by atoms with Crippen molar-refractivity contribution in [2.24, 2.45) is 0 Å². The summed E-state index contributed by atoms with van der Waals surface area (Å²) in [6.07, 6.45) is 0.121. The molecule has 124 valence electrons. The highest BCUT2D eigenvalue weighted by Gasteiger charge is 2.16. The Kier molecular flexibility index (Phi) is 5.77. The first-order chi connectivity index (χ1) is 10.9. The van der Waals surface area contributed by atoms with E-state index in [1.54, 1.807) is 11.3 Å². The maximum absolute atomic E-state index is 10.8. The lowest BCUT2D eigenvalue weighted by atomic mass is 10.0. The van der Waals surface area contributed by atoms with Crippen molar-refractivity contribution in [3.63, 3.8) is 0 Å². The molecule has 0 bridgehead atoms. The third-order valence-electron chi connectivity index (χ3n) is 3.80. The summed E-state index contributed by atoms with van der Waals surface area (Å²) in [5.41, 5.74) is 3.36. The minimum atomic E-state index is -0.781. The van der Waals surface area contributed by atoms with Crippen LogP contribution in [0, 0.1) is 0 Å². The van der Waals surface area contributed by atoms with Crippen LogP contribution in [0.5, 0.6) is 0 Å². The lowest BCUT2D eigenvalue weighted by molar-refractivity contribution is -0.136. The first kappa shape index (κ1) is 17.5. The highest BCUT2D eigenvalue weighted by atomic mass is 32.1. The molecule has 2 rings (SSSR count). The number of thiazole rings is 1. The Morgan fingerprint density at radius 2 is 1.87 bits per heavy atom.